The molecule has 0 unspecified atom stereocenters. The summed E-state index contributed by atoms with van der Waals surface area (Å²) in [6.07, 6.45) is 5.44. The smallest absolute Gasteiger partial charge is 0.152 e. The summed E-state index contributed by atoms with van der Waals surface area (Å²) in [6.45, 7) is 4.42. The molecule has 0 amide bonds. The van der Waals surface area contributed by atoms with Gasteiger partial charge < -0.3 is 5.32 Å². The van der Waals surface area contributed by atoms with Crippen LogP contribution in [0.2, 0.25) is 0 Å². The lowest BCUT2D eigenvalue weighted by Gasteiger charge is -2.26. The minimum absolute atomic E-state index is 0.918. The number of thioether (sulfide) groups is 1. The number of aromatic nitrogens is 3. The summed E-state index contributed by atoms with van der Waals surface area (Å²) in [5, 5.41) is 7.60. The zero-order valence-corrected chi connectivity index (χ0v) is 11.1. The maximum absolute atomic E-state index is 4.37. The first kappa shape index (κ1) is 11.8. The minimum Gasteiger partial charge on any atom is -0.367 e. The fourth-order valence-corrected chi connectivity index (χ4v) is 3.13. The Morgan fingerprint density at radius 1 is 1.28 bits per heavy atom. The molecule has 18 heavy (non-hydrogen) atoms. The van der Waals surface area contributed by atoms with Crippen molar-refractivity contribution in [1.29, 1.82) is 0 Å². The molecule has 2 aromatic heterocycles. The number of nitrogens with one attached hydrogen (secondary N) is 1. The van der Waals surface area contributed by atoms with Gasteiger partial charge in [-0.15, -0.1) is 0 Å². The van der Waals surface area contributed by atoms with Crippen LogP contribution >= 0.6 is 11.8 Å². The Labute approximate surface area is 111 Å². The second kappa shape index (κ2) is 5.58. The van der Waals surface area contributed by atoms with Crippen molar-refractivity contribution in [1.82, 2.24) is 19.5 Å². The molecule has 0 saturated carbocycles. The molecule has 1 aliphatic rings. The Morgan fingerprint density at radius 3 is 3.06 bits per heavy atom. The predicted molar refractivity (Wildman–Crippen MR) is 75.2 cm³/mol. The molecule has 0 radical (unpaired) electrons. The Bertz CT molecular complexity index is 506. The molecule has 1 saturated heterocycles. The summed E-state index contributed by atoms with van der Waals surface area (Å²) in [4.78, 5) is 6.87. The van der Waals surface area contributed by atoms with Crippen molar-refractivity contribution < 1.29 is 0 Å². The van der Waals surface area contributed by atoms with E-state index in [4.69, 9.17) is 0 Å². The summed E-state index contributed by atoms with van der Waals surface area (Å²) < 4.78 is 1.84. The van der Waals surface area contributed by atoms with E-state index in [1.165, 1.54) is 24.6 Å². The lowest BCUT2D eigenvalue weighted by molar-refractivity contribution is 0.314. The van der Waals surface area contributed by atoms with Crippen LogP contribution < -0.4 is 5.32 Å². The van der Waals surface area contributed by atoms with Gasteiger partial charge in [-0.3, -0.25) is 4.90 Å². The zero-order chi connectivity index (χ0) is 12.2. The van der Waals surface area contributed by atoms with Crippen LogP contribution in [0.5, 0.6) is 0 Å². The molecule has 0 aliphatic carbocycles. The summed E-state index contributed by atoms with van der Waals surface area (Å²) in [5.41, 5.74) is 1.03. The second-order valence-electron chi connectivity index (χ2n) is 4.32. The van der Waals surface area contributed by atoms with E-state index >= 15 is 0 Å². The molecule has 0 atom stereocenters. The standard InChI is InChI=1S/C12H17N5S/c1-2-15-17-6-4-14-12(11(1)17)13-3-5-16-7-9-18-10-8-16/h1-2,4,6H,3,5,7-10H2,(H,13,14). The molecule has 0 bridgehead atoms. The number of fused-ring (bicyclic) bond motifs is 1. The SMILES string of the molecule is c1cn2nccc2c(NCCN2CCSCC2)n1. The van der Waals surface area contributed by atoms with E-state index in [1.807, 2.05) is 28.5 Å². The Morgan fingerprint density at radius 2 is 2.17 bits per heavy atom. The highest BCUT2D eigenvalue weighted by Gasteiger charge is 2.09. The highest BCUT2D eigenvalue weighted by Crippen LogP contribution is 2.12. The highest BCUT2D eigenvalue weighted by atomic mass is 32.2. The van der Waals surface area contributed by atoms with Gasteiger partial charge in [0, 0.05) is 50.1 Å². The van der Waals surface area contributed by atoms with Crippen LogP contribution in [0.15, 0.2) is 24.7 Å². The molecule has 0 spiro atoms. The summed E-state index contributed by atoms with van der Waals surface area (Å²) in [6, 6.07) is 1.98. The molecule has 1 fully saturated rings. The van der Waals surface area contributed by atoms with Gasteiger partial charge in [0.2, 0.25) is 0 Å². The highest BCUT2D eigenvalue weighted by molar-refractivity contribution is 7.99. The van der Waals surface area contributed by atoms with Crippen molar-refractivity contribution in [3.63, 3.8) is 0 Å². The summed E-state index contributed by atoms with van der Waals surface area (Å²) in [7, 11) is 0. The molecule has 6 heteroatoms. The van der Waals surface area contributed by atoms with Gasteiger partial charge in [0.1, 0.15) is 5.52 Å². The molecule has 0 aromatic carbocycles. The van der Waals surface area contributed by atoms with E-state index in [2.05, 4.69) is 20.3 Å². The van der Waals surface area contributed by atoms with E-state index in [-0.39, 0.29) is 0 Å². The van der Waals surface area contributed by atoms with Crippen molar-refractivity contribution in [2.75, 3.05) is 43.0 Å². The number of anilines is 1. The average molecular weight is 263 g/mol. The van der Waals surface area contributed by atoms with Crippen molar-refractivity contribution in [3.05, 3.63) is 24.7 Å². The fraction of sp³-hybridized carbons (Fsp3) is 0.500. The monoisotopic (exact) mass is 263 g/mol. The Balaban J connectivity index is 1.57. The third-order valence-corrected chi connectivity index (χ3v) is 4.09. The number of rotatable bonds is 4. The lowest BCUT2D eigenvalue weighted by Crippen LogP contribution is -2.36. The topological polar surface area (TPSA) is 45.5 Å². The Kier molecular flexibility index (Phi) is 3.66. The van der Waals surface area contributed by atoms with E-state index in [0.29, 0.717) is 0 Å². The van der Waals surface area contributed by atoms with Crippen LogP contribution in [0.4, 0.5) is 5.82 Å². The van der Waals surface area contributed by atoms with E-state index in [1.54, 1.807) is 12.4 Å². The largest absolute Gasteiger partial charge is 0.367 e. The zero-order valence-electron chi connectivity index (χ0n) is 10.2. The average Bonchev–Trinajstić information content (AvgIpc) is 2.89. The Hall–Kier alpha value is -1.27. The van der Waals surface area contributed by atoms with Gasteiger partial charge in [-0.2, -0.15) is 16.9 Å². The van der Waals surface area contributed by atoms with Crippen LogP contribution in [-0.4, -0.2) is 57.2 Å². The number of hydrogen-bond donors (Lipinski definition) is 1. The summed E-state index contributed by atoms with van der Waals surface area (Å²) >= 11 is 2.05. The van der Waals surface area contributed by atoms with Gasteiger partial charge in [0.25, 0.3) is 0 Å². The molecule has 1 aliphatic heterocycles. The molecule has 1 N–H and O–H groups in total. The van der Waals surface area contributed by atoms with Gasteiger partial charge in [-0.25, -0.2) is 9.50 Å². The summed E-state index contributed by atoms with van der Waals surface area (Å²) in [5.74, 6) is 3.44. The van der Waals surface area contributed by atoms with Crippen molar-refractivity contribution in [2.45, 2.75) is 0 Å². The van der Waals surface area contributed by atoms with Crippen LogP contribution in [0.25, 0.3) is 5.52 Å². The molecule has 2 aromatic rings. The minimum atomic E-state index is 0.918. The number of hydrogen-bond acceptors (Lipinski definition) is 5. The second-order valence-corrected chi connectivity index (χ2v) is 5.54. The first-order chi connectivity index (χ1) is 8.93. The van der Waals surface area contributed by atoms with Gasteiger partial charge in [-0.05, 0) is 6.07 Å². The molecule has 96 valence electrons. The van der Waals surface area contributed by atoms with Gasteiger partial charge in [0.05, 0.1) is 6.20 Å². The van der Waals surface area contributed by atoms with E-state index < -0.39 is 0 Å². The maximum atomic E-state index is 4.37. The molecule has 3 rings (SSSR count). The fourth-order valence-electron chi connectivity index (χ4n) is 2.15. The third-order valence-electron chi connectivity index (χ3n) is 3.15. The lowest BCUT2D eigenvalue weighted by atomic mass is 10.4. The maximum Gasteiger partial charge on any atom is 0.152 e. The third kappa shape index (κ3) is 2.59. The van der Waals surface area contributed by atoms with Crippen molar-refractivity contribution in [2.24, 2.45) is 0 Å². The first-order valence-corrected chi connectivity index (χ1v) is 7.41. The van der Waals surface area contributed by atoms with Gasteiger partial charge in [-0.1, -0.05) is 0 Å². The van der Waals surface area contributed by atoms with Gasteiger partial charge >= 0.3 is 0 Å². The molecule has 3 heterocycles. The van der Waals surface area contributed by atoms with Crippen LogP contribution in [0.3, 0.4) is 0 Å². The van der Waals surface area contributed by atoms with Crippen molar-refractivity contribution >= 4 is 23.1 Å². The normalized spacial score (nSPS) is 17.1. The van der Waals surface area contributed by atoms with Crippen LogP contribution in [0.1, 0.15) is 0 Å². The predicted octanol–water partition coefficient (Wildman–Crippen LogP) is 1.19. The molecular formula is C12H17N5S. The first-order valence-electron chi connectivity index (χ1n) is 6.26. The van der Waals surface area contributed by atoms with Crippen LogP contribution in [0, 0.1) is 0 Å². The van der Waals surface area contributed by atoms with Gasteiger partial charge in [0.15, 0.2) is 5.82 Å². The quantitative estimate of drug-likeness (QED) is 0.898. The van der Waals surface area contributed by atoms with E-state index in [9.17, 15) is 0 Å². The number of nitrogens with zero attached hydrogens (tertiary/aromatic N) is 4. The molecule has 5 nitrogen and oxygen atoms in total. The van der Waals surface area contributed by atoms with Crippen molar-refractivity contribution in [3.8, 4) is 0 Å². The molecular weight excluding hydrogens is 246 g/mol. The van der Waals surface area contributed by atoms with Crippen LogP contribution in [-0.2, 0) is 0 Å². The van der Waals surface area contributed by atoms with E-state index in [0.717, 1.165) is 24.4 Å².